The molecule has 1 aromatic carbocycles. The molecule has 0 atom stereocenters. The topological polar surface area (TPSA) is 43.4 Å². The van der Waals surface area contributed by atoms with Crippen molar-refractivity contribution in [2.24, 2.45) is 0 Å². The lowest BCUT2D eigenvalue weighted by molar-refractivity contribution is 0.493. The van der Waals surface area contributed by atoms with E-state index in [0.717, 1.165) is 11.8 Å². The molecule has 0 bridgehead atoms. The molecule has 0 saturated heterocycles. The van der Waals surface area contributed by atoms with E-state index in [1.807, 2.05) is 6.08 Å². The SMILES string of the molecule is CS(=O)(=O)Oc1ccc(/C=C/CCl)cc1. The van der Waals surface area contributed by atoms with Gasteiger partial charge in [0.15, 0.2) is 0 Å². The van der Waals surface area contributed by atoms with E-state index in [0.29, 0.717) is 11.6 Å². The van der Waals surface area contributed by atoms with Gasteiger partial charge in [-0.2, -0.15) is 8.42 Å². The summed E-state index contributed by atoms with van der Waals surface area (Å²) in [4.78, 5) is 0. The van der Waals surface area contributed by atoms with Gasteiger partial charge in [-0.1, -0.05) is 24.3 Å². The summed E-state index contributed by atoms with van der Waals surface area (Å²) < 4.78 is 26.3. The normalized spacial score (nSPS) is 11.9. The maximum absolute atomic E-state index is 10.8. The van der Waals surface area contributed by atoms with Crippen LogP contribution in [-0.2, 0) is 10.1 Å². The van der Waals surface area contributed by atoms with Gasteiger partial charge in [-0.05, 0) is 17.7 Å². The molecule has 1 rings (SSSR count). The monoisotopic (exact) mass is 246 g/mol. The zero-order valence-electron chi connectivity index (χ0n) is 8.18. The van der Waals surface area contributed by atoms with Crippen LogP contribution in [0.25, 0.3) is 6.08 Å². The van der Waals surface area contributed by atoms with Crippen molar-refractivity contribution >= 4 is 27.8 Å². The van der Waals surface area contributed by atoms with Crippen molar-refractivity contribution in [1.82, 2.24) is 0 Å². The van der Waals surface area contributed by atoms with Crippen molar-refractivity contribution in [3.05, 3.63) is 35.9 Å². The maximum Gasteiger partial charge on any atom is 0.306 e. The number of alkyl halides is 1. The lowest BCUT2D eigenvalue weighted by Gasteiger charge is -2.02. The quantitative estimate of drug-likeness (QED) is 0.605. The van der Waals surface area contributed by atoms with Gasteiger partial charge >= 0.3 is 10.1 Å². The molecule has 0 aliphatic rings. The van der Waals surface area contributed by atoms with Crippen LogP contribution >= 0.6 is 11.6 Å². The van der Waals surface area contributed by atoms with Crippen LogP contribution in [0.5, 0.6) is 5.75 Å². The van der Waals surface area contributed by atoms with E-state index in [2.05, 4.69) is 4.18 Å². The summed E-state index contributed by atoms with van der Waals surface area (Å²) in [5, 5.41) is 0. The summed E-state index contributed by atoms with van der Waals surface area (Å²) in [7, 11) is -3.45. The number of rotatable bonds is 4. The molecule has 0 amide bonds. The molecule has 0 aromatic heterocycles. The van der Waals surface area contributed by atoms with Crippen LogP contribution in [0.4, 0.5) is 0 Å². The maximum atomic E-state index is 10.8. The Kier molecular flexibility index (Phi) is 4.17. The van der Waals surface area contributed by atoms with Gasteiger partial charge in [-0.15, -0.1) is 11.6 Å². The zero-order valence-corrected chi connectivity index (χ0v) is 9.75. The van der Waals surface area contributed by atoms with Crippen molar-refractivity contribution in [3.8, 4) is 5.75 Å². The van der Waals surface area contributed by atoms with Crippen LogP contribution in [0.15, 0.2) is 30.3 Å². The lowest BCUT2D eigenvalue weighted by atomic mass is 10.2. The van der Waals surface area contributed by atoms with Gasteiger partial charge in [0.1, 0.15) is 5.75 Å². The summed E-state index contributed by atoms with van der Waals surface area (Å²) in [5.74, 6) is 0.752. The van der Waals surface area contributed by atoms with Gasteiger partial charge in [0.05, 0.1) is 6.26 Å². The number of halogens is 1. The number of hydrogen-bond donors (Lipinski definition) is 0. The van der Waals surface area contributed by atoms with Gasteiger partial charge in [0.2, 0.25) is 0 Å². The molecule has 15 heavy (non-hydrogen) atoms. The van der Waals surface area contributed by atoms with Gasteiger partial charge < -0.3 is 4.18 Å². The fourth-order valence-electron chi connectivity index (χ4n) is 0.990. The first kappa shape index (κ1) is 12.1. The molecule has 0 radical (unpaired) electrons. The van der Waals surface area contributed by atoms with Gasteiger partial charge in [0, 0.05) is 5.88 Å². The van der Waals surface area contributed by atoms with Crippen molar-refractivity contribution in [2.75, 3.05) is 12.1 Å². The van der Waals surface area contributed by atoms with Gasteiger partial charge in [0.25, 0.3) is 0 Å². The Morgan fingerprint density at radius 2 is 1.93 bits per heavy atom. The van der Waals surface area contributed by atoms with Gasteiger partial charge in [-0.3, -0.25) is 0 Å². The predicted molar refractivity (Wildman–Crippen MR) is 61.7 cm³/mol. The Bertz CT molecular complexity index is 434. The average molecular weight is 247 g/mol. The molecular weight excluding hydrogens is 236 g/mol. The third-order valence-electron chi connectivity index (χ3n) is 1.53. The molecule has 0 aliphatic carbocycles. The Morgan fingerprint density at radius 1 is 1.33 bits per heavy atom. The van der Waals surface area contributed by atoms with Crippen LogP contribution < -0.4 is 4.18 Å². The minimum atomic E-state index is -3.45. The van der Waals surface area contributed by atoms with Crippen LogP contribution in [0.2, 0.25) is 0 Å². The summed E-state index contributed by atoms with van der Waals surface area (Å²) in [6, 6.07) is 6.69. The average Bonchev–Trinajstić information content (AvgIpc) is 2.14. The third-order valence-corrected chi connectivity index (χ3v) is 2.20. The van der Waals surface area contributed by atoms with Crippen molar-refractivity contribution in [3.63, 3.8) is 0 Å². The Balaban J connectivity index is 2.77. The molecule has 0 spiro atoms. The smallest absolute Gasteiger partial charge is 0.306 e. The molecule has 0 fully saturated rings. The summed E-state index contributed by atoms with van der Waals surface area (Å²) in [5.41, 5.74) is 0.941. The number of allylic oxidation sites excluding steroid dienone is 1. The van der Waals surface area contributed by atoms with Crippen molar-refractivity contribution in [2.45, 2.75) is 0 Å². The van der Waals surface area contributed by atoms with Gasteiger partial charge in [-0.25, -0.2) is 0 Å². The Morgan fingerprint density at radius 3 is 2.40 bits per heavy atom. The van der Waals surface area contributed by atoms with E-state index < -0.39 is 10.1 Å². The molecule has 0 saturated carbocycles. The molecular formula is C10H11ClO3S. The summed E-state index contributed by atoms with van der Waals surface area (Å²) in [6.45, 7) is 0. The molecule has 0 aliphatic heterocycles. The highest BCUT2D eigenvalue weighted by atomic mass is 35.5. The largest absolute Gasteiger partial charge is 0.383 e. The lowest BCUT2D eigenvalue weighted by Crippen LogP contribution is -2.05. The highest BCUT2D eigenvalue weighted by molar-refractivity contribution is 7.86. The third kappa shape index (κ3) is 4.85. The molecule has 3 nitrogen and oxygen atoms in total. The van der Waals surface area contributed by atoms with E-state index in [1.165, 1.54) is 0 Å². The molecule has 1 aromatic rings. The first-order chi connectivity index (χ1) is 7.01. The first-order valence-electron chi connectivity index (χ1n) is 4.23. The summed E-state index contributed by atoms with van der Waals surface area (Å²) >= 11 is 5.48. The highest BCUT2D eigenvalue weighted by Crippen LogP contribution is 2.14. The van der Waals surface area contributed by atoms with E-state index >= 15 is 0 Å². The van der Waals surface area contributed by atoms with Crippen LogP contribution in [-0.4, -0.2) is 20.6 Å². The zero-order chi connectivity index (χ0) is 11.3. The number of benzene rings is 1. The fraction of sp³-hybridized carbons (Fsp3) is 0.200. The standard InChI is InChI=1S/C10H11ClO3S/c1-15(12,13)14-10-6-4-9(5-7-10)3-2-8-11/h2-7H,8H2,1H3/b3-2+. The Hall–Kier alpha value is -1.00. The molecule has 0 unspecified atom stereocenters. The van der Waals surface area contributed by atoms with E-state index in [4.69, 9.17) is 11.6 Å². The van der Waals surface area contributed by atoms with Crippen molar-refractivity contribution in [1.29, 1.82) is 0 Å². The number of hydrogen-bond acceptors (Lipinski definition) is 3. The summed E-state index contributed by atoms with van der Waals surface area (Å²) in [6.07, 6.45) is 4.65. The molecule has 82 valence electrons. The van der Waals surface area contributed by atoms with Crippen LogP contribution in [0, 0.1) is 0 Å². The van der Waals surface area contributed by atoms with Crippen LogP contribution in [0.3, 0.4) is 0 Å². The Labute approximate surface area is 94.5 Å². The fourth-order valence-corrected chi connectivity index (χ4v) is 1.54. The van der Waals surface area contributed by atoms with Crippen LogP contribution in [0.1, 0.15) is 5.56 Å². The van der Waals surface area contributed by atoms with E-state index in [-0.39, 0.29) is 0 Å². The second-order valence-electron chi connectivity index (χ2n) is 2.91. The van der Waals surface area contributed by atoms with E-state index in [9.17, 15) is 8.42 Å². The molecule has 0 N–H and O–H groups in total. The minimum Gasteiger partial charge on any atom is -0.383 e. The predicted octanol–water partition coefficient (Wildman–Crippen LogP) is 2.28. The van der Waals surface area contributed by atoms with Crippen molar-refractivity contribution < 1.29 is 12.6 Å². The van der Waals surface area contributed by atoms with E-state index in [1.54, 1.807) is 30.3 Å². The first-order valence-corrected chi connectivity index (χ1v) is 6.58. The minimum absolute atomic E-state index is 0.306. The second-order valence-corrected chi connectivity index (χ2v) is 4.80. The molecule has 0 heterocycles. The second kappa shape index (κ2) is 5.19. The highest BCUT2D eigenvalue weighted by Gasteiger charge is 2.02. The molecule has 5 heteroatoms.